The number of pyridine rings is 1. The van der Waals surface area contributed by atoms with Crippen LogP contribution < -0.4 is 0 Å². The molecule has 2 aromatic heterocycles. The zero-order valence-electron chi connectivity index (χ0n) is 33.3. The summed E-state index contributed by atoms with van der Waals surface area (Å²) in [4.78, 5) is 98.6. The average Bonchev–Trinajstić information content (AvgIpc) is 3.76. The molecule has 59 heavy (non-hydrogen) atoms. The van der Waals surface area contributed by atoms with E-state index in [0.717, 1.165) is 60.3 Å². The van der Waals surface area contributed by atoms with Crippen molar-refractivity contribution in [2.75, 3.05) is 13.2 Å². The lowest BCUT2D eigenvalue weighted by molar-refractivity contribution is -0.386. The van der Waals surface area contributed by atoms with Crippen molar-refractivity contribution in [3.8, 4) is 0 Å². The van der Waals surface area contributed by atoms with Crippen molar-refractivity contribution in [1.82, 2.24) is 4.98 Å². The zero-order valence-corrected chi connectivity index (χ0v) is 33.3. The lowest BCUT2D eigenvalue weighted by atomic mass is 9.45. The minimum Gasteiger partial charge on any atom is -0.472 e. The molecular formula is C39H45NO19. The van der Waals surface area contributed by atoms with Crippen LogP contribution in [-0.4, -0.2) is 134 Å². The van der Waals surface area contributed by atoms with Gasteiger partial charge in [-0.15, -0.1) is 0 Å². The lowest BCUT2D eigenvalue weighted by Gasteiger charge is -2.67. The van der Waals surface area contributed by atoms with Crippen LogP contribution >= 0.6 is 0 Å². The van der Waals surface area contributed by atoms with E-state index in [1.165, 1.54) is 32.2 Å². The van der Waals surface area contributed by atoms with Crippen LogP contribution in [0.1, 0.15) is 87.6 Å². The van der Waals surface area contributed by atoms with Crippen molar-refractivity contribution in [2.45, 2.75) is 120 Å². The Labute approximate surface area is 336 Å². The number of hydrogen-bond acceptors (Lipinski definition) is 20. The maximum absolute atomic E-state index is 14.5. The van der Waals surface area contributed by atoms with Crippen LogP contribution in [0.15, 0.2) is 41.5 Å². The second kappa shape index (κ2) is 15.0. The van der Waals surface area contributed by atoms with E-state index in [-0.39, 0.29) is 16.7 Å². The molecule has 1 saturated heterocycles. The van der Waals surface area contributed by atoms with Gasteiger partial charge in [-0.3, -0.25) is 24.2 Å². The van der Waals surface area contributed by atoms with Gasteiger partial charge in [0.1, 0.15) is 47.8 Å². The summed E-state index contributed by atoms with van der Waals surface area (Å²) < 4.78 is 52.9. The fraction of sp³-hybridized carbons (Fsp3) is 0.590. The summed E-state index contributed by atoms with van der Waals surface area (Å²) in [5.74, 6) is -10.9. The molecular weight excluding hydrogens is 786 g/mol. The summed E-state index contributed by atoms with van der Waals surface area (Å²) in [6.07, 6.45) is -8.37. The summed E-state index contributed by atoms with van der Waals surface area (Å²) in [6.45, 7) is 6.68. The number of esters is 7. The number of aliphatic hydroxyl groups excluding tert-OH is 1. The van der Waals surface area contributed by atoms with Gasteiger partial charge >= 0.3 is 41.8 Å². The molecule has 3 fully saturated rings. The highest BCUT2D eigenvalue weighted by atomic mass is 16.7. The van der Waals surface area contributed by atoms with Gasteiger partial charge in [0, 0.05) is 46.0 Å². The second-order valence-corrected chi connectivity index (χ2v) is 15.8. The third-order valence-electron chi connectivity index (χ3n) is 12.0. The molecule has 0 aromatic carbocycles. The molecule has 4 heterocycles. The number of furan rings is 1. The molecule has 13 atom stereocenters. The maximum Gasteiger partial charge on any atom is 0.341 e. The van der Waals surface area contributed by atoms with Gasteiger partial charge in [-0.1, -0.05) is 6.92 Å². The first-order chi connectivity index (χ1) is 27.5. The Balaban J connectivity index is 1.76. The van der Waals surface area contributed by atoms with Crippen LogP contribution in [0.5, 0.6) is 0 Å². The summed E-state index contributed by atoms with van der Waals surface area (Å²) in [5.41, 5.74) is -13.6. The number of ether oxygens (including phenoxy) is 8. The van der Waals surface area contributed by atoms with Crippen molar-refractivity contribution in [2.24, 2.45) is 11.3 Å². The topological polar surface area (TPSA) is 280 Å². The van der Waals surface area contributed by atoms with E-state index < -0.39 is 131 Å². The molecule has 2 aliphatic heterocycles. The molecule has 4 aliphatic rings. The molecule has 4 bridgehead atoms. The molecule has 20 heteroatoms. The summed E-state index contributed by atoms with van der Waals surface area (Å²) in [7, 11) is 0. The number of aromatic nitrogens is 1. The fourth-order valence-electron chi connectivity index (χ4n) is 9.38. The second-order valence-electron chi connectivity index (χ2n) is 15.8. The van der Waals surface area contributed by atoms with Crippen LogP contribution in [-0.2, 0) is 61.9 Å². The van der Waals surface area contributed by atoms with Crippen LogP contribution in [0, 0.1) is 11.3 Å². The minimum atomic E-state index is -2.97. The van der Waals surface area contributed by atoms with Crippen LogP contribution in [0.2, 0.25) is 0 Å². The summed E-state index contributed by atoms with van der Waals surface area (Å²) >= 11 is 0. The number of hydrogen-bond donors (Lipinski definition) is 3. The number of rotatable bonds is 7. The molecule has 3 N–H and O–H groups in total. The Morgan fingerprint density at radius 3 is 2.08 bits per heavy atom. The highest BCUT2D eigenvalue weighted by Gasteiger charge is 2.91. The van der Waals surface area contributed by atoms with Crippen molar-refractivity contribution < 1.29 is 91.2 Å². The Kier molecular flexibility index (Phi) is 11.0. The number of nitrogens with zero attached hydrogens (tertiary/aromatic N) is 1. The smallest absolute Gasteiger partial charge is 0.341 e. The maximum atomic E-state index is 14.5. The van der Waals surface area contributed by atoms with E-state index in [9.17, 15) is 48.9 Å². The van der Waals surface area contributed by atoms with Gasteiger partial charge in [0.2, 0.25) is 0 Å². The fourth-order valence-corrected chi connectivity index (χ4v) is 9.38. The molecule has 2 aromatic rings. The Hall–Kier alpha value is -5.44. The van der Waals surface area contributed by atoms with Crippen molar-refractivity contribution in [1.29, 1.82) is 0 Å². The molecule has 13 unspecified atom stereocenters. The monoisotopic (exact) mass is 831 g/mol. The van der Waals surface area contributed by atoms with E-state index in [4.69, 9.17) is 42.3 Å². The molecule has 0 amide bonds. The molecule has 320 valence electrons. The minimum absolute atomic E-state index is 0.0565. The lowest BCUT2D eigenvalue weighted by Crippen LogP contribution is -2.89. The van der Waals surface area contributed by atoms with Crippen molar-refractivity contribution >= 4 is 41.8 Å². The quantitative estimate of drug-likeness (QED) is 0.252. The Morgan fingerprint density at radius 1 is 0.881 bits per heavy atom. The van der Waals surface area contributed by atoms with Crippen LogP contribution in [0.3, 0.4) is 0 Å². The number of fused-ring (bicyclic) bond motifs is 5. The zero-order chi connectivity index (χ0) is 43.6. The molecule has 1 spiro atoms. The standard InChI is InChI=1S/C39H45NO19/c1-17-23-9-11-40-13-24(23)33(47)53-15-35(6)25-26(54-19(3)42)30(55-20(4)43)38(16-52-18(2)41)31(56-21(5)44)27(57-32(46)22-10-12-51-14-22)29(58-34(48)36(17,7)49)37(8,50)39(38,59-35)28(25)45/h9-14,17,25-31,45,49-50H,15-16H2,1-8H3. The normalized spacial score (nSPS) is 38.7. The summed E-state index contributed by atoms with van der Waals surface area (Å²) in [6, 6.07) is 2.54. The van der Waals surface area contributed by atoms with Gasteiger partial charge in [0.25, 0.3) is 0 Å². The molecule has 20 nitrogen and oxygen atoms in total. The van der Waals surface area contributed by atoms with Gasteiger partial charge < -0.3 is 57.6 Å². The van der Waals surface area contributed by atoms with E-state index in [2.05, 4.69) is 4.98 Å². The SMILES string of the molecule is CC(=O)OCC12C(OC(C)=O)C(OC(C)=O)C3C(O)C14OC3(C)COC(=O)c1cnccc1C(C)C(C)(O)C(=O)OC(C(OC(=O)c1ccoc1)C2OC(C)=O)C4(C)O. The largest absolute Gasteiger partial charge is 0.472 e. The van der Waals surface area contributed by atoms with Gasteiger partial charge in [0.05, 0.1) is 29.4 Å². The van der Waals surface area contributed by atoms with Gasteiger partial charge in [-0.2, -0.15) is 0 Å². The van der Waals surface area contributed by atoms with Gasteiger partial charge in [-0.25, -0.2) is 14.4 Å². The average molecular weight is 832 g/mol. The highest BCUT2D eigenvalue weighted by molar-refractivity contribution is 5.92. The van der Waals surface area contributed by atoms with E-state index >= 15 is 0 Å². The molecule has 2 saturated carbocycles. The number of cyclic esters (lactones) is 1. The number of carbonyl (C=O) groups is 7. The molecule has 0 radical (unpaired) electrons. The van der Waals surface area contributed by atoms with Crippen molar-refractivity contribution in [3.05, 3.63) is 53.7 Å². The van der Waals surface area contributed by atoms with E-state index in [1.54, 1.807) is 0 Å². The number of carbonyl (C=O) groups excluding carboxylic acids is 7. The van der Waals surface area contributed by atoms with Crippen molar-refractivity contribution in [3.63, 3.8) is 0 Å². The van der Waals surface area contributed by atoms with Gasteiger partial charge in [0.15, 0.2) is 30.0 Å². The molecule has 2 aliphatic carbocycles. The predicted molar refractivity (Wildman–Crippen MR) is 189 cm³/mol. The van der Waals surface area contributed by atoms with E-state index in [1.807, 2.05) is 0 Å². The van der Waals surface area contributed by atoms with Gasteiger partial charge in [-0.05, 0) is 38.5 Å². The third-order valence-corrected chi connectivity index (χ3v) is 12.0. The van der Waals surface area contributed by atoms with Crippen LogP contribution in [0.4, 0.5) is 0 Å². The molecule has 6 rings (SSSR count). The highest BCUT2D eigenvalue weighted by Crippen LogP contribution is 2.69. The first-order valence-electron chi connectivity index (χ1n) is 18.5. The summed E-state index contributed by atoms with van der Waals surface area (Å²) in [5, 5.41) is 38.2. The third kappa shape index (κ3) is 6.61. The first kappa shape index (κ1) is 43.1. The predicted octanol–water partition coefficient (Wildman–Crippen LogP) is 0.465. The Morgan fingerprint density at radius 2 is 1.51 bits per heavy atom. The first-order valence-corrected chi connectivity index (χ1v) is 18.5. The van der Waals surface area contributed by atoms with Crippen LogP contribution in [0.25, 0.3) is 0 Å². The number of aliphatic hydroxyl groups is 3. The Bertz CT molecular complexity index is 2050. The van der Waals surface area contributed by atoms with E-state index in [0.29, 0.717) is 0 Å².